The van der Waals surface area contributed by atoms with Crippen LogP contribution >= 0.6 is 0 Å². The summed E-state index contributed by atoms with van der Waals surface area (Å²) in [6, 6.07) is 0.540. The van der Waals surface area contributed by atoms with Gasteiger partial charge in [-0.1, -0.05) is 0 Å². The minimum atomic E-state index is 0.182. The standard InChI is InChI=1S/C16H32N2O2/c1-14-11-20-10-7-18(14)13-16(5-8-19-9-6-16)12-17-15(2,3)4/h14,17H,5-13H2,1-4H3. The molecular weight excluding hydrogens is 252 g/mol. The maximum absolute atomic E-state index is 5.60. The van der Waals surface area contributed by atoms with E-state index in [4.69, 9.17) is 9.47 Å². The van der Waals surface area contributed by atoms with Gasteiger partial charge in [-0.25, -0.2) is 0 Å². The van der Waals surface area contributed by atoms with Gasteiger partial charge in [0.05, 0.1) is 13.2 Å². The number of morpholine rings is 1. The van der Waals surface area contributed by atoms with Crippen LogP contribution in [0.2, 0.25) is 0 Å². The highest BCUT2D eigenvalue weighted by Crippen LogP contribution is 2.32. The summed E-state index contributed by atoms with van der Waals surface area (Å²) in [7, 11) is 0. The molecule has 4 heteroatoms. The van der Waals surface area contributed by atoms with E-state index < -0.39 is 0 Å². The predicted octanol–water partition coefficient (Wildman–Crippen LogP) is 1.89. The second kappa shape index (κ2) is 6.73. The van der Waals surface area contributed by atoms with Crippen LogP contribution in [0.5, 0.6) is 0 Å². The van der Waals surface area contributed by atoms with Crippen molar-refractivity contribution in [2.75, 3.05) is 46.1 Å². The van der Waals surface area contributed by atoms with Crippen molar-refractivity contribution in [1.29, 1.82) is 0 Å². The minimum absolute atomic E-state index is 0.182. The molecule has 118 valence electrons. The zero-order valence-electron chi connectivity index (χ0n) is 13.7. The molecule has 0 amide bonds. The second-order valence-electron chi connectivity index (χ2n) is 7.61. The van der Waals surface area contributed by atoms with Crippen LogP contribution in [0.4, 0.5) is 0 Å². The maximum atomic E-state index is 5.60. The van der Waals surface area contributed by atoms with Crippen molar-refractivity contribution in [3.8, 4) is 0 Å². The molecule has 4 nitrogen and oxygen atoms in total. The highest BCUT2D eigenvalue weighted by atomic mass is 16.5. The Morgan fingerprint density at radius 2 is 1.85 bits per heavy atom. The molecule has 0 aromatic rings. The number of hydrogen-bond donors (Lipinski definition) is 1. The van der Waals surface area contributed by atoms with E-state index in [0.717, 1.165) is 39.5 Å². The summed E-state index contributed by atoms with van der Waals surface area (Å²) < 4.78 is 11.2. The van der Waals surface area contributed by atoms with E-state index in [2.05, 4.69) is 37.9 Å². The van der Waals surface area contributed by atoms with E-state index in [0.29, 0.717) is 11.5 Å². The summed E-state index contributed by atoms with van der Waals surface area (Å²) in [5.74, 6) is 0. The van der Waals surface area contributed by atoms with E-state index in [9.17, 15) is 0 Å². The molecule has 0 aliphatic carbocycles. The molecular formula is C16H32N2O2. The third-order valence-corrected chi connectivity index (χ3v) is 4.59. The van der Waals surface area contributed by atoms with E-state index in [1.165, 1.54) is 19.4 Å². The first-order chi connectivity index (χ1) is 9.40. The lowest BCUT2D eigenvalue weighted by molar-refractivity contribution is -0.0509. The molecule has 0 aromatic carbocycles. The first kappa shape index (κ1) is 16.2. The quantitative estimate of drug-likeness (QED) is 0.855. The highest BCUT2D eigenvalue weighted by molar-refractivity contribution is 4.91. The number of rotatable bonds is 4. The van der Waals surface area contributed by atoms with Crippen molar-refractivity contribution in [3.63, 3.8) is 0 Å². The fraction of sp³-hybridized carbons (Fsp3) is 1.00. The average Bonchev–Trinajstić information content (AvgIpc) is 2.40. The normalized spacial score (nSPS) is 28.5. The molecule has 1 atom stereocenters. The molecule has 2 rings (SSSR count). The van der Waals surface area contributed by atoms with Gasteiger partial charge in [0.15, 0.2) is 0 Å². The molecule has 2 saturated heterocycles. The second-order valence-corrected chi connectivity index (χ2v) is 7.61. The third kappa shape index (κ3) is 4.69. The van der Waals surface area contributed by atoms with Crippen molar-refractivity contribution in [2.24, 2.45) is 5.41 Å². The fourth-order valence-corrected chi connectivity index (χ4v) is 3.08. The summed E-state index contributed by atoms with van der Waals surface area (Å²) in [6.45, 7) is 15.9. The summed E-state index contributed by atoms with van der Waals surface area (Å²) in [5, 5.41) is 3.72. The molecule has 0 aromatic heterocycles. The van der Waals surface area contributed by atoms with Gasteiger partial charge in [0.2, 0.25) is 0 Å². The fourth-order valence-electron chi connectivity index (χ4n) is 3.08. The number of nitrogens with one attached hydrogen (secondary N) is 1. The van der Waals surface area contributed by atoms with Gasteiger partial charge in [-0.15, -0.1) is 0 Å². The molecule has 2 aliphatic heterocycles. The highest BCUT2D eigenvalue weighted by Gasteiger charge is 2.36. The monoisotopic (exact) mass is 284 g/mol. The molecule has 20 heavy (non-hydrogen) atoms. The van der Waals surface area contributed by atoms with Crippen LogP contribution in [0.3, 0.4) is 0 Å². The molecule has 0 spiro atoms. The lowest BCUT2D eigenvalue weighted by Crippen LogP contribution is -2.54. The molecule has 2 aliphatic rings. The van der Waals surface area contributed by atoms with Gasteiger partial charge in [-0.2, -0.15) is 0 Å². The van der Waals surface area contributed by atoms with Crippen molar-refractivity contribution in [2.45, 2.75) is 52.1 Å². The molecule has 2 fully saturated rings. The van der Waals surface area contributed by atoms with Crippen molar-refractivity contribution >= 4 is 0 Å². The Kier molecular flexibility index (Phi) is 5.46. The van der Waals surface area contributed by atoms with Gasteiger partial charge >= 0.3 is 0 Å². The smallest absolute Gasteiger partial charge is 0.0619 e. The lowest BCUT2D eigenvalue weighted by Gasteiger charge is -2.45. The van der Waals surface area contributed by atoms with Gasteiger partial charge in [-0.3, -0.25) is 4.90 Å². The van der Waals surface area contributed by atoms with Gasteiger partial charge in [0, 0.05) is 44.4 Å². The number of ether oxygens (including phenoxy) is 2. The van der Waals surface area contributed by atoms with Crippen molar-refractivity contribution in [3.05, 3.63) is 0 Å². The van der Waals surface area contributed by atoms with Crippen LogP contribution in [0.25, 0.3) is 0 Å². The number of hydrogen-bond acceptors (Lipinski definition) is 4. The molecule has 0 saturated carbocycles. The van der Waals surface area contributed by atoms with E-state index in [1.807, 2.05) is 0 Å². The Hall–Kier alpha value is -0.160. The first-order valence-corrected chi connectivity index (χ1v) is 8.05. The zero-order valence-corrected chi connectivity index (χ0v) is 13.7. The van der Waals surface area contributed by atoms with Crippen LogP contribution in [-0.2, 0) is 9.47 Å². The van der Waals surface area contributed by atoms with E-state index in [1.54, 1.807) is 0 Å². The van der Waals surface area contributed by atoms with Crippen molar-refractivity contribution in [1.82, 2.24) is 10.2 Å². The van der Waals surface area contributed by atoms with E-state index >= 15 is 0 Å². The Balaban J connectivity index is 1.98. The van der Waals surface area contributed by atoms with Crippen LogP contribution in [0.1, 0.15) is 40.5 Å². The molecule has 0 bridgehead atoms. The van der Waals surface area contributed by atoms with Crippen LogP contribution < -0.4 is 5.32 Å². The third-order valence-electron chi connectivity index (χ3n) is 4.59. The van der Waals surface area contributed by atoms with Crippen molar-refractivity contribution < 1.29 is 9.47 Å². The Bertz CT molecular complexity index is 295. The SMILES string of the molecule is CC1COCCN1CC1(CNC(C)(C)C)CCOCC1. The van der Waals surface area contributed by atoms with E-state index in [-0.39, 0.29) is 5.54 Å². The summed E-state index contributed by atoms with van der Waals surface area (Å²) in [6.07, 6.45) is 2.33. The largest absolute Gasteiger partial charge is 0.381 e. The average molecular weight is 284 g/mol. The Morgan fingerprint density at radius 3 is 2.45 bits per heavy atom. The summed E-state index contributed by atoms with van der Waals surface area (Å²) in [5.41, 5.74) is 0.541. The topological polar surface area (TPSA) is 33.7 Å². The van der Waals surface area contributed by atoms with Crippen LogP contribution in [-0.4, -0.2) is 62.5 Å². The van der Waals surface area contributed by atoms with Gasteiger partial charge in [0.25, 0.3) is 0 Å². The molecule has 0 radical (unpaired) electrons. The van der Waals surface area contributed by atoms with Gasteiger partial charge < -0.3 is 14.8 Å². The lowest BCUT2D eigenvalue weighted by atomic mass is 9.78. The molecule has 2 heterocycles. The van der Waals surface area contributed by atoms with Gasteiger partial charge in [-0.05, 0) is 46.0 Å². The van der Waals surface area contributed by atoms with Crippen LogP contribution in [0, 0.1) is 5.41 Å². The predicted molar refractivity (Wildman–Crippen MR) is 82.1 cm³/mol. The summed E-state index contributed by atoms with van der Waals surface area (Å²) in [4.78, 5) is 2.61. The summed E-state index contributed by atoms with van der Waals surface area (Å²) >= 11 is 0. The van der Waals surface area contributed by atoms with Crippen LogP contribution in [0.15, 0.2) is 0 Å². The molecule has 1 unspecified atom stereocenters. The zero-order chi connectivity index (χ0) is 14.6. The maximum Gasteiger partial charge on any atom is 0.0619 e. The number of nitrogens with zero attached hydrogens (tertiary/aromatic N) is 1. The first-order valence-electron chi connectivity index (χ1n) is 8.05. The Labute approximate surface area is 124 Å². The minimum Gasteiger partial charge on any atom is -0.381 e. The van der Waals surface area contributed by atoms with Gasteiger partial charge in [0.1, 0.15) is 0 Å². The Morgan fingerprint density at radius 1 is 1.15 bits per heavy atom. The molecule has 1 N–H and O–H groups in total.